The first kappa shape index (κ1) is 13.5. The summed E-state index contributed by atoms with van der Waals surface area (Å²) in [6.45, 7) is 8.25. The Kier molecular flexibility index (Phi) is 5.29. The molecule has 0 aromatic carbocycles. The van der Waals surface area contributed by atoms with Crippen LogP contribution >= 0.6 is 23.2 Å². The smallest absolute Gasteiger partial charge is 0.224 e. The molecule has 1 unspecified atom stereocenters. The van der Waals surface area contributed by atoms with Crippen molar-refractivity contribution in [2.75, 3.05) is 18.0 Å². The lowest BCUT2D eigenvalue weighted by atomic mass is 10.1. The van der Waals surface area contributed by atoms with E-state index in [-0.39, 0.29) is 5.28 Å². The average Bonchev–Trinajstić information content (AvgIpc) is 2.29. The number of hydrogen-bond donors (Lipinski definition) is 0. The fraction of sp³-hybridized carbons (Fsp3) is 0.636. The number of nitrogens with zero attached hydrogens (tertiary/aromatic N) is 3. The maximum absolute atomic E-state index is 6.07. The molecule has 5 heteroatoms. The summed E-state index contributed by atoms with van der Waals surface area (Å²) in [6.07, 6.45) is 2.68. The van der Waals surface area contributed by atoms with Crippen molar-refractivity contribution in [3.05, 3.63) is 16.5 Å². The molecule has 1 heterocycles. The van der Waals surface area contributed by atoms with E-state index in [0.717, 1.165) is 25.3 Å². The van der Waals surface area contributed by atoms with E-state index in [1.165, 1.54) is 0 Å². The average molecular weight is 262 g/mol. The third-order valence-corrected chi connectivity index (χ3v) is 3.06. The standard InChI is InChI=1S/C11H17Cl2N3/c1-4-8(3)7-16(5-2)10-9(12)6-14-11(13)15-10/h6,8H,4-5,7H2,1-3H3. The van der Waals surface area contributed by atoms with E-state index in [2.05, 4.69) is 35.6 Å². The van der Waals surface area contributed by atoms with Gasteiger partial charge < -0.3 is 4.90 Å². The summed E-state index contributed by atoms with van der Waals surface area (Å²) in [5, 5.41) is 0.788. The molecule has 1 aromatic rings. The molecule has 0 N–H and O–H groups in total. The lowest BCUT2D eigenvalue weighted by molar-refractivity contribution is 0.545. The molecule has 0 radical (unpaired) electrons. The Morgan fingerprint density at radius 3 is 2.62 bits per heavy atom. The molecule has 0 saturated carbocycles. The molecule has 1 atom stereocenters. The van der Waals surface area contributed by atoms with Crippen LogP contribution in [0.25, 0.3) is 0 Å². The summed E-state index contributed by atoms with van der Waals surface area (Å²) in [6, 6.07) is 0. The second kappa shape index (κ2) is 6.26. The number of rotatable bonds is 5. The van der Waals surface area contributed by atoms with Crippen molar-refractivity contribution in [3.63, 3.8) is 0 Å². The van der Waals surface area contributed by atoms with Crippen LogP contribution in [0.15, 0.2) is 6.20 Å². The Bertz CT molecular complexity index is 344. The van der Waals surface area contributed by atoms with Gasteiger partial charge in [-0.15, -0.1) is 0 Å². The third kappa shape index (κ3) is 3.49. The van der Waals surface area contributed by atoms with E-state index in [1.54, 1.807) is 6.20 Å². The maximum atomic E-state index is 6.07. The molecule has 0 aliphatic carbocycles. The fourth-order valence-corrected chi connectivity index (χ4v) is 1.77. The van der Waals surface area contributed by atoms with Gasteiger partial charge in [0.2, 0.25) is 5.28 Å². The SMILES string of the molecule is CCC(C)CN(CC)c1nc(Cl)ncc1Cl. The zero-order chi connectivity index (χ0) is 12.1. The van der Waals surface area contributed by atoms with Crippen LogP contribution in [0.3, 0.4) is 0 Å². The largest absolute Gasteiger partial charge is 0.355 e. The summed E-state index contributed by atoms with van der Waals surface area (Å²) in [5.74, 6) is 1.33. The Hall–Kier alpha value is -0.540. The van der Waals surface area contributed by atoms with Crippen LogP contribution in [0.5, 0.6) is 0 Å². The van der Waals surface area contributed by atoms with Crippen molar-refractivity contribution in [2.45, 2.75) is 27.2 Å². The van der Waals surface area contributed by atoms with Gasteiger partial charge in [-0.05, 0) is 24.4 Å². The van der Waals surface area contributed by atoms with E-state index in [9.17, 15) is 0 Å². The van der Waals surface area contributed by atoms with Gasteiger partial charge in [0.25, 0.3) is 0 Å². The number of anilines is 1. The van der Waals surface area contributed by atoms with Crippen LogP contribution in [0, 0.1) is 5.92 Å². The lowest BCUT2D eigenvalue weighted by Gasteiger charge is -2.25. The Morgan fingerprint density at radius 1 is 1.38 bits per heavy atom. The van der Waals surface area contributed by atoms with Gasteiger partial charge in [0.15, 0.2) is 5.82 Å². The molecule has 1 rings (SSSR count). The van der Waals surface area contributed by atoms with Crippen molar-refractivity contribution in [1.29, 1.82) is 0 Å². The molecule has 3 nitrogen and oxygen atoms in total. The summed E-state index contributed by atoms with van der Waals surface area (Å²) in [5.41, 5.74) is 0. The predicted octanol–water partition coefficient (Wildman–Crippen LogP) is 3.66. The normalized spacial score (nSPS) is 12.6. The van der Waals surface area contributed by atoms with Crippen molar-refractivity contribution in [2.24, 2.45) is 5.92 Å². The molecule has 90 valence electrons. The van der Waals surface area contributed by atoms with Gasteiger partial charge in [-0.3, -0.25) is 0 Å². The van der Waals surface area contributed by atoms with Crippen molar-refractivity contribution < 1.29 is 0 Å². The van der Waals surface area contributed by atoms with Crippen molar-refractivity contribution in [1.82, 2.24) is 9.97 Å². The van der Waals surface area contributed by atoms with Crippen molar-refractivity contribution in [3.8, 4) is 0 Å². The molecular weight excluding hydrogens is 245 g/mol. The van der Waals surface area contributed by atoms with Crippen LogP contribution in [0.2, 0.25) is 10.3 Å². The molecule has 1 aromatic heterocycles. The number of aromatic nitrogens is 2. The zero-order valence-corrected chi connectivity index (χ0v) is 11.4. The summed E-state index contributed by atoms with van der Waals surface area (Å²) in [4.78, 5) is 10.2. The second-order valence-corrected chi connectivity index (χ2v) is 4.61. The molecule has 0 aliphatic heterocycles. The Morgan fingerprint density at radius 2 is 2.06 bits per heavy atom. The minimum absolute atomic E-state index is 0.238. The lowest BCUT2D eigenvalue weighted by Crippen LogP contribution is -2.29. The molecule has 0 saturated heterocycles. The fourth-order valence-electron chi connectivity index (χ4n) is 1.43. The van der Waals surface area contributed by atoms with E-state index in [4.69, 9.17) is 23.2 Å². The Balaban J connectivity index is 2.89. The first-order valence-electron chi connectivity index (χ1n) is 5.51. The molecule has 16 heavy (non-hydrogen) atoms. The van der Waals surface area contributed by atoms with Gasteiger partial charge in [-0.25, -0.2) is 4.98 Å². The highest BCUT2D eigenvalue weighted by Crippen LogP contribution is 2.24. The topological polar surface area (TPSA) is 29.0 Å². The molecule has 0 spiro atoms. The molecule has 0 aliphatic rings. The van der Waals surface area contributed by atoms with Gasteiger partial charge in [-0.2, -0.15) is 4.98 Å². The zero-order valence-electron chi connectivity index (χ0n) is 9.87. The molecular formula is C11H17Cl2N3. The van der Waals surface area contributed by atoms with Crippen LogP contribution in [0.1, 0.15) is 27.2 Å². The van der Waals surface area contributed by atoms with Crippen LogP contribution in [-0.4, -0.2) is 23.1 Å². The van der Waals surface area contributed by atoms with E-state index in [1.807, 2.05) is 0 Å². The molecule has 0 amide bonds. The van der Waals surface area contributed by atoms with Gasteiger partial charge >= 0.3 is 0 Å². The molecule has 0 fully saturated rings. The highest BCUT2D eigenvalue weighted by atomic mass is 35.5. The summed E-state index contributed by atoms with van der Waals surface area (Å²) >= 11 is 11.9. The van der Waals surface area contributed by atoms with Crippen LogP contribution < -0.4 is 4.90 Å². The first-order valence-corrected chi connectivity index (χ1v) is 6.27. The monoisotopic (exact) mass is 261 g/mol. The van der Waals surface area contributed by atoms with Gasteiger partial charge in [-0.1, -0.05) is 31.9 Å². The van der Waals surface area contributed by atoms with Crippen LogP contribution in [0.4, 0.5) is 5.82 Å². The van der Waals surface area contributed by atoms with E-state index >= 15 is 0 Å². The minimum atomic E-state index is 0.238. The van der Waals surface area contributed by atoms with Crippen molar-refractivity contribution >= 4 is 29.0 Å². The first-order chi connectivity index (χ1) is 7.58. The number of hydrogen-bond acceptors (Lipinski definition) is 3. The van der Waals surface area contributed by atoms with Crippen LogP contribution in [-0.2, 0) is 0 Å². The summed E-state index contributed by atoms with van der Waals surface area (Å²) in [7, 11) is 0. The highest BCUT2D eigenvalue weighted by Gasteiger charge is 2.14. The maximum Gasteiger partial charge on any atom is 0.224 e. The van der Waals surface area contributed by atoms with Gasteiger partial charge in [0.05, 0.1) is 6.20 Å². The predicted molar refractivity (Wildman–Crippen MR) is 69.4 cm³/mol. The number of halogens is 2. The quantitative estimate of drug-likeness (QED) is 0.758. The van der Waals surface area contributed by atoms with Gasteiger partial charge in [0.1, 0.15) is 5.02 Å². The third-order valence-electron chi connectivity index (χ3n) is 2.61. The second-order valence-electron chi connectivity index (χ2n) is 3.86. The van der Waals surface area contributed by atoms with E-state index < -0.39 is 0 Å². The highest BCUT2D eigenvalue weighted by molar-refractivity contribution is 6.33. The Labute approximate surface area is 107 Å². The summed E-state index contributed by atoms with van der Waals surface area (Å²) < 4.78 is 0. The van der Waals surface area contributed by atoms with E-state index in [0.29, 0.717) is 10.9 Å². The van der Waals surface area contributed by atoms with Gasteiger partial charge in [0, 0.05) is 13.1 Å². The molecule has 0 bridgehead atoms. The minimum Gasteiger partial charge on any atom is -0.355 e.